The summed E-state index contributed by atoms with van der Waals surface area (Å²) in [4.78, 5) is 30.2. The highest BCUT2D eigenvalue weighted by atomic mass is 32.1. The Bertz CT molecular complexity index is 1360. The number of thiazole rings is 1. The average Bonchev–Trinajstić information content (AvgIpc) is 3.28. The minimum Gasteiger partial charge on any atom is -0.496 e. The van der Waals surface area contributed by atoms with Gasteiger partial charge in [0.05, 0.1) is 19.3 Å². The molecule has 32 heavy (non-hydrogen) atoms. The fraction of sp³-hybridized carbons (Fsp3) is 0.174. The van der Waals surface area contributed by atoms with Gasteiger partial charge in [-0.3, -0.25) is 13.9 Å². The summed E-state index contributed by atoms with van der Waals surface area (Å²) in [6.07, 6.45) is 0. The number of hydrogen-bond acceptors (Lipinski definition) is 7. The number of hydrogen-bond donors (Lipinski definition) is 2. The number of methoxy groups -OCH3 is 1. The summed E-state index contributed by atoms with van der Waals surface area (Å²) in [5, 5.41) is 5.65. The van der Waals surface area contributed by atoms with E-state index in [0.29, 0.717) is 17.4 Å². The molecule has 0 saturated heterocycles. The van der Waals surface area contributed by atoms with E-state index in [1.54, 1.807) is 12.5 Å². The van der Waals surface area contributed by atoms with Crippen molar-refractivity contribution in [3.63, 3.8) is 0 Å². The summed E-state index contributed by atoms with van der Waals surface area (Å²) >= 11 is 1.36. The van der Waals surface area contributed by atoms with Crippen molar-refractivity contribution in [3.8, 4) is 17.0 Å². The number of aromatic nitrogens is 3. The third kappa shape index (κ3) is 4.15. The fourth-order valence-corrected chi connectivity index (χ4v) is 4.13. The summed E-state index contributed by atoms with van der Waals surface area (Å²) in [6, 6.07) is 17.2. The predicted molar refractivity (Wildman–Crippen MR) is 127 cm³/mol. The lowest BCUT2D eigenvalue weighted by Crippen LogP contribution is -2.40. The molecule has 0 atom stereocenters. The quantitative estimate of drug-likeness (QED) is 0.450. The largest absolute Gasteiger partial charge is 0.496 e. The Morgan fingerprint density at radius 2 is 1.81 bits per heavy atom. The van der Waals surface area contributed by atoms with E-state index in [4.69, 9.17) is 10.5 Å². The Hall–Kier alpha value is -3.85. The molecule has 4 aromatic rings. The summed E-state index contributed by atoms with van der Waals surface area (Å²) in [6.45, 7) is 0.771. The fourth-order valence-electron chi connectivity index (χ4n) is 3.43. The van der Waals surface area contributed by atoms with Crippen molar-refractivity contribution in [2.75, 3.05) is 18.2 Å². The van der Waals surface area contributed by atoms with Crippen LogP contribution in [0.2, 0.25) is 0 Å². The number of para-hydroxylation sites is 1. The molecule has 0 aliphatic heterocycles. The summed E-state index contributed by atoms with van der Waals surface area (Å²) in [5.74, 6) is 0.881. The zero-order valence-corrected chi connectivity index (χ0v) is 18.6. The van der Waals surface area contributed by atoms with E-state index in [1.165, 1.54) is 23.0 Å². The zero-order chi connectivity index (χ0) is 22.7. The van der Waals surface area contributed by atoms with E-state index in [9.17, 15) is 9.59 Å². The van der Waals surface area contributed by atoms with Gasteiger partial charge in [0.15, 0.2) is 5.13 Å². The molecule has 0 spiro atoms. The molecule has 2 aromatic carbocycles. The number of ether oxygens (including phenoxy) is 1. The number of nitrogens with two attached hydrogens (primary N) is 1. The molecule has 4 rings (SSSR count). The van der Waals surface area contributed by atoms with Gasteiger partial charge in [-0.2, -0.15) is 0 Å². The summed E-state index contributed by atoms with van der Waals surface area (Å²) in [7, 11) is 3.07. The van der Waals surface area contributed by atoms with Crippen molar-refractivity contribution in [1.82, 2.24) is 14.1 Å². The average molecular weight is 450 g/mol. The molecule has 8 nitrogen and oxygen atoms in total. The second-order valence-electron chi connectivity index (χ2n) is 7.18. The standard InChI is InChI=1S/C23H23N5O3S/c1-27-21(29)19(20(24)28(23(27)30)13-15-8-4-3-5-9-15)17-14-32-22(26-17)25-12-16-10-6-7-11-18(16)31-2/h3-11,14H,12-13,24H2,1-2H3,(H,25,26). The predicted octanol–water partition coefficient (Wildman–Crippen LogP) is 2.92. The first-order valence-corrected chi connectivity index (χ1v) is 10.8. The van der Waals surface area contributed by atoms with Crippen molar-refractivity contribution >= 4 is 22.3 Å². The number of anilines is 2. The van der Waals surface area contributed by atoms with Gasteiger partial charge in [0.2, 0.25) is 0 Å². The van der Waals surface area contributed by atoms with E-state index in [-0.39, 0.29) is 17.9 Å². The molecule has 0 aliphatic rings. The molecule has 164 valence electrons. The Kier molecular flexibility index (Phi) is 6.09. The van der Waals surface area contributed by atoms with Gasteiger partial charge >= 0.3 is 5.69 Å². The van der Waals surface area contributed by atoms with Gasteiger partial charge in [0.1, 0.15) is 17.1 Å². The second-order valence-corrected chi connectivity index (χ2v) is 8.04. The molecule has 0 saturated carbocycles. The number of nitrogens with zero attached hydrogens (tertiary/aromatic N) is 3. The molecule has 0 bridgehead atoms. The molecule has 3 N–H and O–H groups in total. The van der Waals surface area contributed by atoms with Crippen molar-refractivity contribution in [2.45, 2.75) is 13.1 Å². The van der Waals surface area contributed by atoms with Crippen LogP contribution in [0.5, 0.6) is 5.75 Å². The van der Waals surface area contributed by atoms with E-state index in [1.807, 2.05) is 54.6 Å². The van der Waals surface area contributed by atoms with Crippen LogP contribution in [-0.2, 0) is 20.1 Å². The Labute approximate surface area is 188 Å². The number of rotatable bonds is 7. The molecule has 0 unspecified atom stereocenters. The van der Waals surface area contributed by atoms with Crippen LogP contribution in [0.15, 0.2) is 69.6 Å². The number of benzene rings is 2. The maximum absolute atomic E-state index is 12.9. The van der Waals surface area contributed by atoms with Crippen LogP contribution >= 0.6 is 11.3 Å². The maximum Gasteiger partial charge on any atom is 0.332 e. The molecular formula is C23H23N5O3S. The summed E-state index contributed by atoms with van der Waals surface area (Å²) < 4.78 is 7.84. The first-order chi connectivity index (χ1) is 15.5. The van der Waals surface area contributed by atoms with Crippen LogP contribution in [0.1, 0.15) is 11.1 Å². The van der Waals surface area contributed by atoms with Gasteiger partial charge in [-0.15, -0.1) is 11.3 Å². The van der Waals surface area contributed by atoms with Crippen molar-refractivity contribution in [3.05, 3.63) is 91.9 Å². The first-order valence-electron chi connectivity index (χ1n) is 9.94. The lowest BCUT2D eigenvalue weighted by Gasteiger charge is -2.14. The smallest absolute Gasteiger partial charge is 0.332 e. The van der Waals surface area contributed by atoms with Crippen LogP contribution in [0.3, 0.4) is 0 Å². The normalized spacial score (nSPS) is 10.8. The van der Waals surface area contributed by atoms with E-state index in [0.717, 1.165) is 21.4 Å². The van der Waals surface area contributed by atoms with Crippen LogP contribution in [-0.4, -0.2) is 21.2 Å². The topological polar surface area (TPSA) is 104 Å². The van der Waals surface area contributed by atoms with E-state index < -0.39 is 11.2 Å². The van der Waals surface area contributed by atoms with Gasteiger partial charge in [0, 0.05) is 24.5 Å². The van der Waals surface area contributed by atoms with Crippen LogP contribution in [0.25, 0.3) is 11.3 Å². The van der Waals surface area contributed by atoms with Crippen LogP contribution in [0.4, 0.5) is 10.9 Å². The minimum absolute atomic E-state index is 0.100. The Balaban J connectivity index is 1.66. The molecular weight excluding hydrogens is 426 g/mol. The molecule has 2 aromatic heterocycles. The number of nitrogens with one attached hydrogen (secondary N) is 1. The van der Waals surface area contributed by atoms with Crippen molar-refractivity contribution < 1.29 is 4.74 Å². The zero-order valence-electron chi connectivity index (χ0n) is 17.7. The second kappa shape index (κ2) is 9.11. The first kappa shape index (κ1) is 21.4. The van der Waals surface area contributed by atoms with Crippen molar-refractivity contribution in [2.24, 2.45) is 7.05 Å². The van der Waals surface area contributed by atoms with Gasteiger partial charge in [-0.25, -0.2) is 9.78 Å². The van der Waals surface area contributed by atoms with Gasteiger partial charge in [-0.1, -0.05) is 48.5 Å². The van der Waals surface area contributed by atoms with Crippen LogP contribution in [0, 0.1) is 0 Å². The highest BCUT2D eigenvalue weighted by molar-refractivity contribution is 7.14. The molecule has 0 fully saturated rings. The van der Waals surface area contributed by atoms with Gasteiger partial charge < -0.3 is 15.8 Å². The Morgan fingerprint density at radius 3 is 2.56 bits per heavy atom. The lowest BCUT2D eigenvalue weighted by atomic mass is 10.2. The third-order valence-electron chi connectivity index (χ3n) is 5.15. The van der Waals surface area contributed by atoms with E-state index >= 15 is 0 Å². The molecule has 9 heteroatoms. The number of nitrogen functional groups attached to an aromatic ring is 1. The van der Waals surface area contributed by atoms with Crippen LogP contribution < -0.4 is 27.0 Å². The monoisotopic (exact) mass is 449 g/mol. The van der Waals surface area contributed by atoms with Gasteiger partial charge in [0.25, 0.3) is 5.56 Å². The Morgan fingerprint density at radius 1 is 1.09 bits per heavy atom. The molecule has 0 amide bonds. The molecule has 0 aliphatic carbocycles. The lowest BCUT2D eigenvalue weighted by molar-refractivity contribution is 0.410. The van der Waals surface area contributed by atoms with E-state index in [2.05, 4.69) is 10.3 Å². The molecule has 2 heterocycles. The molecule has 0 radical (unpaired) electrons. The summed E-state index contributed by atoms with van der Waals surface area (Å²) in [5.41, 5.74) is 7.91. The maximum atomic E-state index is 12.9. The SMILES string of the molecule is COc1ccccc1CNc1nc(-c2c(N)n(Cc3ccccc3)c(=O)n(C)c2=O)cs1. The highest BCUT2D eigenvalue weighted by Gasteiger charge is 2.19. The third-order valence-corrected chi connectivity index (χ3v) is 5.95. The van der Waals surface area contributed by atoms with Crippen molar-refractivity contribution in [1.29, 1.82) is 0 Å². The highest BCUT2D eigenvalue weighted by Crippen LogP contribution is 2.27. The minimum atomic E-state index is -0.474. The van der Waals surface area contributed by atoms with Gasteiger partial charge in [-0.05, 0) is 11.6 Å².